The van der Waals surface area contributed by atoms with E-state index in [-0.39, 0.29) is 6.61 Å². The molecule has 0 radical (unpaired) electrons. The predicted octanol–water partition coefficient (Wildman–Crippen LogP) is 2.80. The second-order valence-electron chi connectivity index (χ2n) is 3.38. The highest BCUT2D eigenvalue weighted by molar-refractivity contribution is 7.89. The molecule has 1 aromatic rings. The molecular weight excluding hydrogens is 224 g/mol. The van der Waals surface area contributed by atoms with Crippen molar-refractivity contribution in [2.75, 3.05) is 6.61 Å². The van der Waals surface area contributed by atoms with E-state index in [0.29, 0.717) is 0 Å². The monoisotopic (exact) mass is 240 g/mol. The Hall–Kier alpha value is -1.13. The predicted molar refractivity (Wildman–Crippen MR) is 65.3 cm³/mol. The van der Waals surface area contributed by atoms with Crippen LogP contribution in [0.2, 0.25) is 0 Å². The van der Waals surface area contributed by atoms with Crippen LogP contribution in [0.1, 0.15) is 25.3 Å². The first-order chi connectivity index (χ1) is 7.64. The Balaban J connectivity index is 2.56. The number of hydrogen-bond acceptors (Lipinski definition) is 3. The highest BCUT2D eigenvalue weighted by Crippen LogP contribution is 2.05. The first kappa shape index (κ1) is 12.9. The van der Waals surface area contributed by atoms with Crippen molar-refractivity contribution < 1.29 is 12.6 Å². The second kappa shape index (κ2) is 6.45. The molecular formula is C12H16O3S. The summed E-state index contributed by atoms with van der Waals surface area (Å²) in [6.45, 7) is 2.23. The standard InChI is InChI=1S/C12H16O3S/c1-2-3-10-15-16(13,14)11-9-12-7-5-4-6-8-12/h4-9,11H,2-3,10H2,1H3. The van der Waals surface area contributed by atoms with Crippen molar-refractivity contribution in [1.29, 1.82) is 0 Å². The number of hydrogen-bond donors (Lipinski definition) is 0. The zero-order valence-electron chi connectivity index (χ0n) is 9.30. The van der Waals surface area contributed by atoms with Gasteiger partial charge in [0.2, 0.25) is 0 Å². The number of benzene rings is 1. The Morgan fingerprint density at radius 3 is 2.56 bits per heavy atom. The lowest BCUT2D eigenvalue weighted by atomic mass is 10.2. The summed E-state index contributed by atoms with van der Waals surface area (Å²) in [5.74, 6) is 0. The number of rotatable bonds is 6. The molecule has 0 saturated heterocycles. The quantitative estimate of drug-likeness (QED) is 0.567. The fraction of sp³-hybridized carbons (Fsp3) is 0.333. The largest absolute Gasteiger partial charge is 0.290 e. The molecule has 0 unspecified atom stereocenters. The Kier molecular flexibility index (Phi) is 5.22. The third kappa shape index (κ3) is 5.09. The van der Waals surface area contributed by atoms with E-state index >= 15 is 0 Å². The van der Waals surface area contributed by atoms with E-state index in [2.05, 4.69) is 0 Å². The Morgan fingerprint density at radius 2 is 1.94 bits per heavy atom. The summed E-state index contributed by atoms with van der Waals surface area (Å²) >= 11 is 0. The highest BCUT2D eigenvalue weighted by atomic mass is 32.2. The fourth-order valence-corrected chi connectivity index (χ4v) is 1.84. The van der Waals surface area contributed by atoms with Gasteiger partial charge in [0.25, 0.3) is 10.1 Å². The zero-order valence-corrected chi connectivity index (χ0v) is 10.1. The minimum atomic E-state index is -3.53. The lowest BCUT2D eigenvalue weighted by Crippen LogP contribution is -2.02. The van der Waals surface area contributed by atoms with Crippen LogP contribution in [0.4, 0.5) is 0 Å². The Morgan fingerprint density at radius 1 is 1.25 bits per heavy atom. The van der Waals surface area contributed by atoms with Crippen LogP contribution >= 0.6 is 0 Å². The molecule has 0 fully saturated rings. The van der Waals surface area contributed by atoms with E-state index in [0.717, 1.165) is 23.8 Å². The summed E-state index contributed by atoms with van der Waals surface area (Å²) in [4.78, 5) is 0. The van der Waals surface area contributed by atoms with Gasteiger partial charge in [0.1, 0.15) is 0 Å². The summed E-state index contributed by atoms with van der Waals surface area (Å²) in [7, 11) is -3.53. The van der Waals surface area contributed by atoms with Crippen molar-refractivity contribution in [3.05, 3.63) is 41.3 Å². The average molecular weight is 240 g/mol. The van der Waals surface area contributed by atoms with E-state index in [9.17, 15) is 8.42 Å². The maximum absolute atomic E-state index is 11.4. The van der Waals surface area contributed by atoms with E-state index in [1.54, 1.807) is 0 Å². The second-order valence-corrected chi connectivity index (χ2v) is 4.88. The molecule has 3 nitrogen and oxygen atoms in total. The molecule has 0 aliphatic heterocycles. The molecule has 0 bridgehead atoms. The number of unbranched alkanes of at least 4 members (excludes halogenated alkanes) is 1. The molecule has 0 aliphatic rings. The van der Waals surface area contributed by atoms with Gasteiger partial charge in [-0.25, -0.2) is 0 Å². The molecule has 4 heteroatoms. The molecule has 1 rings (SSSR count). The molecule has 0 amide bonds. The van der Waals surface area contributed by atoms with E-state index < -0.39 is 10.1 Å². The van der Waals surface area contributed by atoms with Crippen LogP contribution < -0.4 is 0 Å². The first-order valence-corrected chi connectivity index (χ1v) is 6.74. The molecule has 0 saturated carbocycles. The smallest absolute Gasteiger partial charge is 0.267 e. The molecule has 88 valence electrons. The van der Waals surface area contributed by atoms with Gasteiger partial charge in [0.05, 0.1) is 12.0 Å². The van der Waals surface area contributed by atoms with Crippen LogP contribution in [0.25, 0.3) is 6.08 Å². The lowest BCUT2D eigenvalue weighted by Gasteiger charge is -1.99. The topological polar surface area (TPSA) is 43.4 Å². The van der Waals surface area contributed by atoms with Gasteiger partial charge in [0, 0.05) is 0 Å². The third-order valence-electron chi connectivity index (χ3n) is 1.97. The Bertz CT molecular complexity index is 421. The van der Waals surface area contributed by atoms with Crippen LogP contribution in [0, 0.1) is 0 Å². The van der Waals surface area contributed by atoms with Gasteiger partial charge in [-0.3, -0.25) is 4.18 Å². The summed E-state index contributed by atoms with van der Waals surface area (Å²) in [5, 5.41) is 1.10. The van der Waals surface area contributed by atoms with Gasteiger partial charge in [0.15, 0.2) is 0 Å². The molecule has 0 atom stereocenters. The van der Waals surface area contributed by atoms with Crippen LogP contribution in [0.15, 0.2) is 35.7 Å². The van der Waals surface area contributed by atoms with Crippen LogP contribution in [0.3, 0.4) is 0 Å². The summed E-state index contributed by atoms with van der Waals surface area (Å²) in [5.41, 5.74) is 0.838. The van der Waals surface area contributed by atoms with Crippen molar-refractivity contribution in [3.63, 3.8) is 0 Å². The van der Waals surface area contributed by atoms with E-state index in [4.69, 9.17) is 4.18 Å². The normalized spacial score (nSPS) is 12.1. The molecule has 0 heterocycles. The van der Waals surface area contributed by atoms with Gasteiger partial charge < -0.3 is 0 Å². The molecule has 0 N–H and O–H groups in total. The van der Waals surface area contributed by atoms with E-state index in [1.807, 2.05) is 37.3 Å². The van der Waals surface area contributed by atoms with Gasteiger partial charge in [-0.15, -0.1) is 0 Å². The molecule has 0 aliphatic carbocycles. The fourth-order valence-electron chi connectivity index (χ4n) is 1.08. The molecule has 0 aromatic heterocycles. The minimum Gasteiger partial charge on any atom is -0.267 e. The SMILES string of the molecule is CCCCOS(=O)(=O)C=Cc1ccccc1. The summed E-state index contributed by atoms with van der Waals surface area (Å²) in [6, 6.07) is 9.24. The van der Waals surface area contributed by atoms with Crippen molar-refractivity contribution in [2.45, 2.75) is 19.8 Å². The minimum absolute atomic E-state index is 0.248. The van der Waals surface area contributed by atoms with E-state index in [1.165, 1.54) is 6.08 Å². The molecule has 0 spiro atoms. The van der Waals surface area contributed by atoms with Gasteiger partial charge in [-0.05, 0) is 18.1 Å². The maximum Gasteiger partial charge on any atom is 0.290 e. The van der Waals surface area contributed by atoms with Gasteiger partial charge in [-0.1, -0.05) is 43.7 Å². The van der Waals surface area contributed by atoms with Crippen LogP contribution in [-0.4, -0.2) is 15.0 Å². The molecule has 1 aromatic carbocycles. The summed E-state index contributed by atoms with van der Waals surface area (Å²) < 4.78 is 27.5. The van der Waals surface area contributed by atoms with Crippen molar-refractivity contribution >= 4 is 16.2 Å². The van der Waals surface area contributed by atoms with Crippen molar-refractivity contribution in [3.8, 4) is 0 Å². The summed E-state index contributed by atoms with van der Waals surface area (Å²) in [6.07, 6.45) is 3.19. The lowest BCUT2D eigenvalue weighted by molar-refractivity contribution is 0.316. The molecule has 16 heavy (non-hydrogen) atoms. The Labute approximate surface area is 96.9 Å². The van der Waals surface area contributed by atoms with Gasteiger partial charge >= 0.3 is 0 Å². The highest BCUT2D eigenvalue weighted by Gasteiger charge is 2.04. The average Bonchev–Trinajstić information content (AvgIpc) is 2.28. The van der Waals surface area contributed by atoms with Crippen LogP contribution in [0.5, 0.6) is 0 Å². The van der Waals surface area contributed by atoms with Crippen molar-refractivity contribution in [1.82, 2.24) is 0 Å². The first-order valence-electron chi connectivity index (χ1n) is 5.26. The van der Waals surface area contributed by atoms with Crippen molar-refractivity contribution in [2.24, 2.45) is 0 Å². The van der Waals surface area contributed by atoms with Gasteiger partial charge in [-0.2, -0.15) is 8.42 Å². The zero-order chi connectivity index (χ0) is 11.9. The van der Waals surface area contributed by atoms with Crippen LogP contribution in [-0.2, 0) is 14.3 Å². The third-order valence-corrected chi connectivity index (χ3v) is 2.94. The maximum atomic E-state index is 11.4.